The molecule has 1 aliphatic heterocycles. The van der Waals surface area contributed by atoms with Crippen molar-refractivity contribution in [1.82, 2.24) is 0 Å². The number of hydrogen-bond donors (Lipinski definition) is 2. The van der Waals surface area contributed by atoms with E-state index in [0.717, 1.165) is 0 Å². The molecule has 20 heavy (non-hydrogen) atoms. The number of aliphatic imine (C=N–C) groups is 1. The molecule has 0 spiro atoms. The smallest absolute Gasteiger partial charge is 0.405 e. The topological polar surface area (TPSA) is 86.3 Å². The van der Waals surface area contributed by atoms with E-state index in [4.69, 9.17) is 19.8 Å². The quantitative estimate of drug-likeness (QED) is 0.429. The summed E-state index contributed by atoms with van der Waals surface area (Å²) in [6, 6.07) is 0. The minimum absolute atomic E-state index is 0.144. The molecule has 0 radical (unpaired) electrons. The Labute approximate surface area is 121 Å². The van der Waals surface area contributed by atoms with Crippen molar-refractivity contribution >= 4 is 13.3 Å². The lowest BCUT2D eigenvalue weighted by molar-refractivity contribution is -0.0860. The van der Waals surface area contributed by atoms with Crippen LogP contribution in [0.4, 0.5) is 0 Å². The molecule has 1 aliphatic rings. The largest absolute Gasteiger partial charge is 0.497 e. The normalized spacial score (nSPS) is 23.5. The Balaban J connectivity index is 2.64. The van der Waals surface area contributed by atoms with E-state index in [1.807, 2.05) is 34.6 Å². The molecule has 0 aromatic heterocycles. The van der Waals surface area contributed by atoms with Gasteiger partial charge in [0.1, 0.15) is 0 Å². The van der Waals surface area contributed by atoms with Crippen LogP contribution in [-0.4, -0.2) is 49.1 Å². The maximum Gasteiger partial charge on any atom is 0.497 e. The Morgan fingerprint density at radius 2 is 1.90 bits per heavy atom. The van der Waals surface area contributed by atoms with Gasteiger partial charge in [-0.2, -0.15) is 0 Å². The van der Waals surface area contributed by atoms with Gasteiger partial charge in [0.2, 0.25) is 0 Å². The van der Waals surface area contributed by atoms with E-state index in [2.05, 4.69) is 4.99 Å². The lowest BCUT2D eigenvalue weighted by Gasteiger charge is -2.32. The van der Waals surface area contributed by atoms with Crippen molar-refractivity contribution in [1.29, 1.82) is 0 Å². The third kappa shape index (κ3) is 4.05. The van der Waals surface area contributed by atoms with Gasteiger partial charge in [-0.15, -0.1) is 0 Å². The van der Waals surface area contributed by atoms with Crippen LogP contribution in [0, 0.1) is 0 Å². The summed E-state index contributed by atoms with van der Waals surface area (Å²) in [6.45, 7) is 10.3. The molecule has 0 bridgehead atoms. The molecular weight excluding hydrogens is 259 g/mol. The third-order valence-electron chi connectivity index (χ3n) is 3.58. The standard InChI is InChI=1S/C13H25BN2O4/c1-6-18-11(17)9-16-8-10(7-15)14-19-12(2,3)13(4,5)20-14/h7-8,11,17H,6,9,15H2,1-5H3/b10-7+,16-8?. The Morgan fingerprint density at radius 3 is 2.35 bits per heavy atom. The van der Waals surface area contributed by atoms with Crippen molar-refractivity contribution in [3.63, 3.8) is 0 Å². The van der Waals surface area contributed by atoms with E-state index in [0.29, 0.717) is 12.1 Å². The SMILES string of the molecule is CCOC(O)CN=C/C(=C\N)B1OC(C)(C)C(C)(C)O1. The van der Waals surface area contributed by atoms with E-state index in [1.165, 1.54) is 6.20 Å². The zero-order valence-corrected chi connectivity index (χ0v) is 12.9. The molecule has 0 aliphatic carbocycles. The minimum atomic E-state index is -0.909. The highest BCUT2D eigenvalue weighted by atomic mass is 16.7. The molecule has 1 rings (SSSR count). The third-order valence-corrected chi connectivity index (χ3v) is 3.58. The van der Waals surface area contributed by atoms with Gasteiger partial charge in [0.15, 0.2) is 6.29 Å². The van der Waals surface area contributed by atoms with Crippen LogP contribution in [0.3, 0.4) is 0 Å². The molecule has 7 heteroatoms. The summed E-state index contributed by atoms with van der Waals surface area (Å²) in [5.41, 5.74) is 5.36. The highest BCUT2D eigenvalue weighted by Gasteiger charge is 2.52. The first-order valence-corrected chi connectivity index (χ1v) is 6.80. The predicted octanol–water partition coefficient (Wildman–Crippen LogP) is 0.886. The number of rotatable bonds is 6. The summed E-state index contributed by atoms with van der Waals surface area (Å²) in [6.07, 6.45) is 2.04. The van der Waals surface area contributed by atoms with Gasteiger partial charge in [0.05, 0.1) is 17.7 Å². The van der Waals surface area contributed by atoms with Crippen LogP contribution in [0.5, 0.6) is 0 Å². The van der Waals surface area contributed by atoms with Crippen LogP contribution in [0.15, 0.2) is 16.7 Å². The van der Waals surface area contributed by atoms with Crippen molar-refractivity contribution < 1.29 is 19.2 Å². The second-order valence-electron chi connectivity index (χ2n) is 5.66. The van der Waals surface area contributed by atoms with Crippen LogP contribution < -0.4 is 5.73 Å². The molecule has 1 heterocycles. The van der Waals surface area contributed by atoms with Crippen molar-refractivity contribution in [2.75, 3.05) is 13.2 Å². The number of allylic oxidation sites excluding steroid dienone is 1. The van der Waals surface area contributed by atoms with E-state index >= 15 is 0 Å². The number of aliphatic hydroxyl groups excluding tert-OH is 1. The molecule has 1 atom stereocenters. The summed E-state index contributed by atoms with van der Waals surface area (Å²) < 4.78 is 16.7. The van der Waals surface area contributed by atoms with Crippen LogP contribution in [0.25, 0.3) is 0 Å². The van der Waals surface area contributed by atoms with Crippen molar-refractivity contribution in [3.8, 4) is 0 Å². The van der Waals surface area contributed by atoms with Gasteiger partial charge in [-0.25, -0.2) is 0 Å². The average molecular weight is 284 g/mol. The van der Waals surface area contributed by atoms with Crippen molar-refractivity contribution in [2.24, 2.45) is 10.7 Å². The molecule has 0 aromatic carbocycles. The van der Waals surface area contributed by atoms with Gasteiger partial charge in [0.25, 0.3) is 0 Å². The molecule has 1 unspecified atom stereocenters. The second kappa shape index (κ2) is 6.71. The zero-order chi connectivity index (χ0) is 15.4. The molecular formula is C13H25BN2O4. The molecule has 114 valence electrons. The number of aliphatic hydroxyl groups is 1. The van der Waals surface area contributed by atoms with Crippen molar-refractivity contribution in [3.05, 3.63) is 11.7 Å². The Hall–Kier alpha value is -0.885. The fourth-order valence-electron chi connectivity index (χ4n) is 1.65. The minimum Gasteiger partial charge on any atom is -0.405 e. The lowest BCUT2D eigenvalue weighted by atomic mass is 9.79. The molecule has 3 N–H and O–H groups in total. The summed E-state index contributed by atoms with van der Waals surface area (Å²) in [5, 5.41) is 9.42. The summed E-state index contributed by atoms with van der Waals surface area (Å²) in [5.74, 6) is 0. The van der Waals surface area contributed by atoms with E-state index < -0.39 is 24.6 Å². The molecule has 0 amide bonds. The lowest BCUT2D eigenvalue weighted by Crippen LogP contribution is -2.41. The van der Waals surface area contributed by atoms with E-state index in [-0.39, 0.29) is 6.54 Å². The summed E-state index contributed by atoms with van der Waals surface area (Å²) >= 11 is 0. The van der Waals surface area contributed by atoms with Crippen molar-refractivity contribution in [2.45, 2.75) is 52.1 Å². The molecule has 0 saturated carbocycles. The zero-order valence-electron chi connectivity index (χ0n) is 12.9. The number of nitrogens with zero attached hydrogens (tertiary/aromatic N) is 1. The van der Waals surface area contributed by atoms with Crippen LogP contribution in [0.2, 0.25) is 0 Å². The monoisotopic (exact) mass is 284 g/mol. The first-order valence-electron chi connectivity index (χ1n) is 6.80. The fourth-order valence-corrected chi connectivity index (χ4v) is 1.65. The molecule has 0 aromatic rings. The first kappa shape index (κ1) is 17.2. The molecule has 1 fully saturated rings. The van der Waals surface area contributed by atoms with Gasteiger partial charge in [-0.3, -0.25) is 4.99 Å². The summed E-state index contributed by atoms with van der Waals surface area (Å²) in [7, 11) is -0.557. The van der Waals surface area contributed by atoms with Crippen LogP contribution in [-0.2, 0) is 14.0 Å². The first-order chi connectivity index (χ1) is 9.23. The Morgan fingerprint density at radius 1 is 1.35 bits per heavy atom. The Kier molecular flexibility index (Phi) is 5.76. The Bertz CT molecular complexity index is 367. The highest BCUT2D eigenvalue weighted by molar-refractivity contribution is 6.60. The number of nitrogens with two attached hydrogens (primary N) is 1. The van der Waals surface area contributed by atoms with Crippen LogP contribution in [0.1, 0.15) is 34.6 Å². The maximum atomic E-state index is 9.42. The maximum absolute atomic E-state index is 9.42. The van der Waals surface area contributed by atoms with Gasteiger partial charge in [-0.1, -0.05) is 0 Å². The van der Waals surface area contributed by atoms with E-state index in [1.54, 1.807) is 6.21 Å². The van der Waals surface area contributed by atoms with Gasteiger partial charge in [0, 0.05) is 18.3 Å². The predicted molar refractivity (Wildman–Crippen MR) is 79.3 cm³/mol. The molecule has 6 nitrogen and oxygen atoms in total. The highest BCUT2D eigenvalue weighted by Crippen LogP contribution is 2.38. The number of ether oxygens (including phenoxy) is 1. The van der Waals surface area contributed by atoms with E-state index in [9.17, 15) is 5.11 Å². The summed E-state index contributed by atoms with van der Waals surface area (Å²) in [4.78, 5) is 4.09. The fraction of sp³-hybridized carbons (Fsp3) is 0.769. The van der Waals surface area contributed by atoms with Gasteiger partial charge < -0.3 is 24.9 Å². The second-order valence-corrected chi connectivity index (χ2v) is 5.66. The average Bonchev–Trinajstić information content (AvgIpc) is 2.54. The van der Waals surface area contributed by atoms with Gasteiger partial charge in [-0.05, 0) is 40.8 Å². The van der Waals surface area contributed by atoms with Gasteiger partial charge >= 0.3 is 7.12 Å². The van der Waals surface area contributed by atoms with Crippen LogP contribution >= 0.6 is 0 Å². The number of hydrogen-bond acceptors (Lipinski definition) is 6. The molecule has 1 saturated heterocycles.